The van der Waals surface area contributed by atoms with E-state index in [0.717, 1.165) is 56.1 Å². The van der Waals surface area contributed by atoms with E-state index < -0.39 is 0 Å². The molecule has 2 aliphatic rings. The van der Waals surface area contributed by atoms with Gasteiger partial charge in [-0.25, -0.2) is 9.97 Å². The van der Waals surface area contributed by atoms with Crippen molar-refractivity contribution in [1.29, 1.82) is 0 Å². The van der Waals surface area contributed by atoms with Crippen molar-refractivity contribution in [3.8, 4) is 0 Å². The van der Waals surface area contributed by atoms with E-state index in [2.05, 4.69) is 37.2 Å². The van der Waals surface area contributed by atoms with E-state index in [1.54, 1.807) is 6.33 Å². The highest BCUT2D eigenvalue weighted by molar-refractivity contribution is 5.79. The van der Waals surface area contributed by atoms with Gasteiger partial charge in [-0.2, -0.15) is 0 Å². The van der Waals surface area contributed by atoms with Gasteiger partial charge in [0.05, 0.1) is 17.9 Å². The summed E-state index contributed by atoms with van der Waals surface area (Å²) in [7, 11) is 0. The minimum atomic E-state index is 0.0380. The lowest BCUT2D eigenvalue weighted by Crippen LogP contribution is -2.41. The Bertz CT molecular complexity index is 783. The van der Waals surface area contributed by atoms with E-state index in [4.69, 9.17) is 0 Å². The monoisotopic (exact) mass is 379 g/mol. The summed E-state index contributed by atoms with van der Waals surface area (Å²) in [6, 6.07) is 10.2. The van der Waals surface area contributed by atoms with Crippen LogP contribution in [-0.4, -0.2) is 42.1 Å². The van der Waals surface area contributed by atoms with Gasteiger partial charge >= 0.3 is 0 Å². The lowest BCUT2D eigenvalue weighted by molar-refractivity contribution is -0.126. The second-order valence-corrected chi connectivity index (χ2v) is 7.83. The third-order valence-corrected chi connectivity index (χ3v) is 5.94. The minimum Gasteiger partial charge on any atom is -0.367 e. The van der Waals surface area contributed by atoms with Crippen LogP contribution in [0.3, 0.4) is 0 Å². The number of carbonyl (C=O) groups excluding carboxylic acids is 1. The Morgan fingerprint density at radius 3 is 2.50 bits per heavy atom. The molecule has 0 saturated carbocycles. The van der Waals surface area contributed by atoms with Crippen molar-refractivity contribution in [2.24, 2.45) is 5.92 Å². The molecule has 1 aromatic heterocycles. The van der Waals surface area contributed by atoms with Crippen LogP contribution in [0.5, 0.6) is 0 Å². The number of hydrogen-bond donors (Lipinski definition) is 1. The number of anilines is 2. The molecule has 1 unspecified atom stereocenters. The molecule has 3 heterocycles. The Balaban J connectivity index is 1.35. The minimum absolute atomic E-state index is 0.0380. The number of amides is 1. The van der Waals surface area contributed by atoms with Crippen molar-refractivity contribution >= 4 is 17.4 Å². The number of rotatable bonds is 5. The molecular formula is C22H29N5O. The molecule has 0 radical (unpaired) electrons. The summed E-state index contributed by atoms with van der Waals surface area (Å²) in [5.41, 5.74) is 2.26. The van der Waals surface area contributed by atoms with Gasteiger partial charge < -0.3 is 15.1 Å². The molecule has 0 aliphatic carbocycles. The number of nitrogens with one attached hydrogen (secondary N) is 1. The molecule has 1 aromatic carbocycles. The van der Waals surface area contributed by atoms with E-state index in [9.17, 15) is 4.79 Å². The van der Waals surface area contributed by atoms with Crippen molar-refractivity contribution in [2.75, 3.05) is 36.0 Å². The second-order valence-electron chi connectivity index (χ2n) is 7.83. The number of aromatic nitrogens is 2. The first kappa shape index (κ1) is 18.7. The molecular weight excluding hydrogens is 350 g/mol. The van der Waals surface area contributed by atoms with Gasteiger partial charge in [-0.15, -0.1) is 0 Å². The summed E-state index contributed by atoms with van der Waals surface area (Å²) in [4.78, 5) is 26.3. The molecule has 0 bridgehead atoms. The fourth-order valence-corrected chi connectivity index (χ4v) is 4.25. The quantitative estimate of drug-likeness (QED) is 0.865. The molecule has 4 rings (SSSR count). The van der Waals surface area contributed by atoms with Crippen LogP contribution in [0.1, 0.15) is 44.2 Å². The summed E-state index contributed by atoms with van der Waals surface area (Å²) < 4.78 is 0. The zero-order valence-electron chi connectivity index (χ0n) is 16.6. The second kappa shape index (κ2) is 8.59. The first-order valence-electron chi connectivity index (χ1n) is 10.4. The molecule has 1 amide bonds. The van der Waals surface area contributed by atoms with Gasteiger partial charge in [-0.05, 0) is 38.2 Å². The van der Waals surface area contributed by atoms with Gasteiger partial charge in [0, 0.05) is 32.1 Å². The van der Waals surface area contributed by atoms with Gasteiger partial charge in [-0.1, -0.05) is 30.3 Å². The lowest BCUT2D eigenvalue weighted by Gasteiger charge is -2.35. The fraction of sp³-hybridized carbons (Fsp3) is 0.500. The fourth-order valence-electron chi connectivity index (χ4n) is 4.25. The van der Waals surface area contributed by atoms with Gasteiger partial charge in [0.25, 0.3) is 0 Å². The van der Waals surface area contributed by atoms with Crippen molar-refractivity contribution in [3.63, 3.8) is 0 Å². The highest BCUT2D eigenvalue weighted by atomic mass is 16.1. The number of carbonyl (C=O) groups is 1. The Morgan fingerprint density at radius 2 is 1.79 bits per heavy atom. The number of hydrogen-bond acceptors (Lipinski definition) is 5. The number of nitrogens with zero attached hydrogens (tertiary/aromatic N) is 4. The Morgan fingerprint density at radius 1 is 1.07 bits per heavy atom. The normalized spacial score (nSPS) is 18.9. The lowest BCUT2D eigenvalue weighted by atomic mass is 9.95. The molecule has 2 aliphatic heterocycles. The Labute approximate surface area is 167 Å². The maximum absolute atomic E-state index is 12.7. The third kappa shape index (κ3) is 4.11. The SMILES string of the molecule is CC(NC(=O)C1CCN(c2cncnc2N2CCCC2)CC1)c1ccccc1. The van der Waals surface area contributed by atoms with E-state index >= 15 is 0 Å². The molecule has 148 valence electrons. The highest BCUT2D eigenvalue weighted by Gasteiger charge is 2.28. The highest BCUT2D eigenvalue weighted by Crippen LogP contribution is 2.31. The first-order chi connectivity index (χ1) is 13.7. The standard InChI is InChI=1S/C22H29N5O/c1-17(18-7-3-2-4-8-18)25-22(28)19-9-13-26(14-10-19)20-15-23-16-24-21(20)27-11-5-6-12-27/h2-4,7-8,15-17,19H,5-6,9-14H2,1H3,(H,25,28). The van der Waals surface area contributed by atoms with Crippen LogP contribution in [0.15, 0.2) is 42.9 Å². The molecule has 2 aromatic rings. The largest absolute Gasteiger partial charge is 0.367 e. The molecule has 6 nitrogen and oxygen atoms in total. The molecule has 28 heavy (non-hydrogen) atoms. The molecule has 1 atom stereocenters. The van der Waals surface area contributed by atoms with Crippen LogP contribution in [0.25, 0.3) is 0 Å². The van der Waals surface area contributed by atoms with Crippen LogP contribution in [0.4, 0.5) is 11.5 Å². The molecule has 6 heteroatoms. The topological polar surface area (TPSA) is 61.4 Å². The predicted octanol–water partition coefficient (Wildman–Crippen LogP) is 3.17. The maximum atomic E-state index is 12.7. The Kier molecular flexibility index (Phi) is 5.74. The molecule has 2 fully saturated rings. The van der Waals surface area contributed by atoms with E-state index in [1.807, 2.05) is 31.3 Å². The van der Waals surface area contributed by atoms with Gasteiger partial charge in [0.2, 0.25) is 5.91 Å². The van der Waals surface area contributed by atoms with Crippen LogP contribution in [0.2, 0.25) is 0 Å². The van der Waals surface area contributed by atoms with Crippen LogP contribution < -0.4 is 15.1 Å². The average molecular weight is 380 g/mol. The van der Waals surface area contributed by atoms with Crippen molar-refractivity contribution in [2.45, 2.75) is 38.6 Å². The van der Waals surface area contributed by atoms with Crippen molar-refractivity contribution in [3.05, 3.63) is 48.4 Å². The maximum Gasteiger partial charge on any atom is 0.223 e. The summed E-state index contributed by atoms with van der Waals surface area (Å²) in [6.45, 7) is 5.92. The zero-order valence-corrected chi connectivity index (χ0v) is 16.6. The molecule has 1 N–H and O–H groups in total. The van der Waals surface area contributed by atoms with Crippen molar-refractivity contribution in [1.82, 2.24) is 15.3 Å². The zero-order chi connectivity index (χ0) is 19.3. The summed E-state index contributed by atoms with van der Waals surface area (Å²) >= 11 is 0. The smallest absolute Gasteiger partial charge is 0.223 e. The predicted molar refractivity (Wildman–Crippen MR) is 111 cm³/mol. The van der Waals surface area contributed by atoms with Gasteiger partial charge in [-0.3, -0.25) is 4.79 Å². The third-order valence-electron chi connectivity index (χ3n) is 5.94. The first-order valence-corrected chi connectivity index (χ1v) is 10.4. The van der Waals surface area contributed by atoms with E-state index in [1.165, 1.54) is 12.8 Å². The van der Waals surface area contributed by atoms with E-state index in [-0.39, 0.29) is 17.9 Å². The van der Waals surface area contributed by atoms with E-state index in [0.29, 0.717) is 0 Å². The average Bonchev–Trinajstić information content (AvgIpc) is 3.29. The Hall–Kier alpha value is -2.63. The number of benzene rings is 1. The summed E-state index contributed by atoms with van der Waals surface area (Å²) in [5.74, 6) is 1.29. The van der Waals surface area contributed by atoms with Crippen LogP contribution in [0, 0.1) is 5.92 Å². The molecule has 2 saturated heterocycles. The van der Waals surface area contributed by atoms with Crippen LogP contribution in [-0.2, 0) is 4.79 Å². The van der Waals surface area contributed by atoms with Crippen molar-refractivity contribution < 1.29 is 4.79 Å². The molecule has 0 spiro atoms. The summed E-state index contributed by atoms with van der Waals surface area (Å²) in [6.07, 6.45) is 7.75. The summed E-state index contributed by atoms with van der Waals surface area (Å²) in [5, 5.41) is 3.19. The van der Waals surface area contributed by atoms with Crippen LogP contribution >= 0.6 is 0 Å². The number of piperidine rings is 1. The van der Waals surface area contributed by atoms with Gasteiger partial charge in [0.1, 0.15) is 6.33 Å². The van der Waals surface area contributed by atoms with Gasteiger partial charge in [0.15, 0.2) is 5.82 Å².